The molecular weight excluding hydrogens is 310 g/mol. The Morgan fingerprint density at radius 2 is 1.96 bits per heavy atom. The molecule has 0 saturated heterocycles. The number of ether oxygens (including phenoxy) is 2. The molecule has 0 saturated carbocycles. The lowest BCUT2D eigenvalue weighted by Gasteiger charge is -2.16. The largest absolute Gasteiger partial charge is 0.454 e. The summed E-state index contributed by atoms with van der Waals surface area (Å²) in [4.78, 5) is 10.1. The molecular formula is C17H17N3O2S. The number of nitrogens with one attached hydrogen (secondary N) is 1. The van der Waals surface area contributed by atoms with E-state index in [0.717, 1.165) is 33.4 Å². The minimum atomic E-state index is 0.283. The Morgan fingerprint density at radius 1 is 1.17 bits per heavy atom. The van der Waals surface area contributed by atoms with Gasteiger partial charge in [-0.3, -0.25) is 0 Å². The van der Waals surface area contributed by atoms with Crippen LogP contribution in [0.2, 0.25) is 0 Å². The number of nitrogens with zero attached hydrogens (tertiary/aromatic N) is 2. The maximum atomic E-state index is 5.40. The van der Waals surface area contributed by atoms with Gasteiger partial charge in [0, 0.05) is 37.7 Å². The third kappa shape index (κ3) is 2.70. The van der Waals surface area contributed by atoms with Gasteiger partial charge in [0.05, 0.1) is 11.0 Å². The number of rotatable bonds is 4. The number of para-hydroxylation sites is 1. The van der Waals surface area contributed by atoms with Crippen molar-refractivity contribution in [1.29, 1.82) is 0 Å². The predicted molar refractivity (Wildman–Crippen MR) is 92.5 cm³/mol. The smallest absolute Gasteiger partial charge is 0.231 e. The molecule has 1 aliphatic rings. The molecule has 0 atom stereocenters. The summed E-state index contributed by atoms with van der Waals surface area (Å²) in [7, 11) is 4.12. The Balaban J connectivity index is 1.57. The summed E-state index contributed by atoms with van der Waals surface area (Å²) in [5.41, 5.74) is 4.39. The maximum absolute atomic E-state index is 5.40. The zero-order valence-electron chi connectivity index (χ0n) is 13.0. The number of aromatic amines is 1. The Labute approximate surface area is 138 Å². The van der Waals surface area contributed by atoms with Crippen LogP contribution in [0.4, 0.5) is 5.69 Å². The Hall–Kier alpha value is -2.34. The fourth-order valence-electron chi connectivity index (χ4n) is 2.66. The topological polar surface area (TPSA) is 50.4 Å². The van der Waals surface area contributed by atoms with Crippen molar-refractivity contribution in [2.45, 2.75) is 10.9 Å². The van der Waals surface area contributed by atoms with Gasteiger partial charge in [-0.2, -0.15) is 0 Å². The molecule has 2 heterocycles. The highest BCUT2D eigenvalue weighted by atomic mass is 32.2. The second-order valence-electron chi connectivity index (χ2n) is 5.58. The Morgan fingerprint density at radius 3 is 2.78 bits per heavy atom. The average Bonchev–Trinajstić information content (AvgIpc) is 3.15. The molecule has 0 aliphatic carbocycles. The SMILES string of the molecule is CN(C)c1ccccc1CSc1nc2cc3c(cc2[nH]1)OCO3. The van der Waals surface area contributed by atoms with Crippen LogP contribution in [0.15, 0.2) is 41.6 Å². The molecule has 0 amide bonds. The van der Waals surface area contributed by atoms with Gasteiger partial charge in [0.1, 0.15) is 0 Å². The molecule has 6 heteroatoms. The van der Waals surface area contributed by atoms with E-state index >= 15 is 0 Å². The van der Waals surface area contributed by atoms with Crippen molar-refractivity contribution in [1.82, 2.24) is 9.97 Å². The van der Waals surface area contributed by atoms with Crippen molar-refractivity contribution < 1.29 is 9.47 Å². The minimum absolute atomic E-state index is 0.283. The van der Waals surface area contributed by atoms with Crippen LogP contribution in [0.25, 0.3) is 11.0 Å². The van der Waals surface area contributed by atoms with E-state index in [1.54, 1.807) is 11.8 Å². The molecule has 2 aromatic carbocycles. The number of fused-ring (bicyclic) bond motifs is 2. The molecule has 4 rings (SSSR count). The van der Waals surface area contributed by atoms with E-state index in [-0.39, 0.29) is 6.79 Å². The van der Waals surface area contributed by atoms with E-state index in [2.05, 4.69) is 53.2 Å². The zero-order valence-corrected chi connectivity index (χ0v) is 13.8. The molecule has 5 nitrogen and oxygen atoms in total. The van der Waals surface area contributed by atoms with Crippen molar-refractivity contribution in [3.8, 4) is 11.5 Å². The first-order chi connectivity index (χ1) is 11.2. The minimum Gasteiger partial charge on any atom is -0.454 e. The van der Waals surface area contributed by atoms with Gasteiger partial charge in [0.2, 0.25) is 6.79 Å². The average molecular weight is 327 g/mol. The van der Waals surface area contributed by atoms with E-state index < -0.39 is 0 Å². The first kappa shape index (κ1) is 14.3. The lowest BCUT2D eigenvalue weighted by atomic mass is 10.2. The summed E-state index contributed by atoms with van der Waals surface area (Å²) in [5, 5.41) is 0.900. The fraction of sp³-hybridized carbons (Fsp3) is 0.235. The first-order valence-electron chi connectivity index (χ1n) is 7.38. The molecule has 0 unspecified atom stereocenters. The number of H-pyrrole nitrogens is 1. The highest BCUT2D eigenvalue weighted by Gasteiger charge is 2.16. The Bertz CT molecular complexity index is 819. The second-order valence-corrected chi connectivity index (χ2v) is 6.54. The molecule has 1 aromatic heterocycles. The molecule has 1 N–H and O–H groups in total. The summed E-state index contributed by atoms with van der Waals surface area (Å²) in [5.74, 6) is 2.40. The van der Waals surface area contributed by atoms with Gasteiger partial charge >= 0.3 is 0 Å². The maximum Gasteiger partial charge on any atom is 0.231 e. The standard InChI is InChI=1S/C17H17N3O2S/c1-20(2)14-6-4-3-5-11(14)9-23-17-18-12-7-15-16(22-10-21-15)8-13(12)19-17/h3-8H,9-10H2,1-2H3,(H,18,19). The summed E-state index contributed by atoms with van der Waals surface area (Å²) >= 11 is 1.69. The fourth-order valence-corrected chi connectivity index (χ4v) is 3.54. The normalized spacial score (nSPS) is 12.8. The van der Waals surface area contributed by atoms with Crippen LogP contribution in [0, 0.1) is 0 Å². The van der Waals surface area contributed by atoms with Crippen LogP contribution in [0.5, 0.6) is 11.5 Å². The lowest BCUT2D eigenvalue weighted by molar-refractivity contribution is 0.174. The highest BCUT2D eigenvalue weighted by Crippen LogP contribution is 2.36. The van der Waals surface area contributed by atoms with Gasteiger partial charge in [-0.05, 0) is 11.6 Å². The number of thioether (sulfide) groups is 1. The third-order valence-electron chi connectivity index (χ3n) is 3.79. The van der Waals surface area contributed by atoms with Crippen LogP contribution in [-0.2, 0) is 5.75 Å². The number of anilines is 1. The van der Waals surface area contributed by atoms with Gasteiger partial charge in [0.15, 0.2) is 16.7 Å². The number of benzene rings is 2. The van der Waals surface area contributed by atoms with E-state index in [4.69, 9.17) is 9.47 Å². The molecule has 3 aromatic rings. The number of imidazole rings is 1. The van der Waals surface area contributed by atoms with E-state index in [9.17, 15) is 0 Å². The van der Waals surface area contributed by atoms with E-state index in [0.29, 0.717) is 0 Å². The van der Waals surface area contributed by atoms with E-state index in [1.165, 1.54) is 11.3 Å². The van der Waals surface area contributed by atoms with Gasteiger partial charge in [0.25, 0.3) is 0 Å². The summed E-state index contributed by atoms with van der Waals surface area (Å²) in [6.07, 6.45) is 0. The first-order valence-corrected chi connectivity index (χ1v) is 8.36. The molecule has 0 spiro atoms. The van der Waals surface area contributed by atoms with Crippen molar-refractivity contribution in [3.63, 3.8) is 0 Å². The number of hydrogen-bond donors (Lipinski definition) is 1. The third-order valence-corrected chi connectivity index (χ3v) is 4.71. The van der Waals surface area contributed by atoms with Gasteiger partial charge in [-0.15, -0.1) is 0 Å². The van der Waals surface area contributed by atoms with Crippen LogP contribution in [0.3, 0.4) is 0 Å². The van der Waals surface area contributed by atoms with Gasteiger partial charge in [-0.1, -0.05) is 30.0 Å². The molecule has 23 heavy (non-hydrogen) atoms. The quantitative estimate of drug-likeness (QED) is 0.741. The summed E-state index contributed by atoms with van der Waals surface area (Å²) in [6, 6.07) is 12.3. The number of hydrogen-bond acceptors (Lipinski definition) is 5. The van der Waals surface area contributed by atoms with Crippen molar-refractivity contribution in [3.05, 3.63) is 42.0 Å². The molecule has 0 fully saturated rings. The lowest BCUT2D eigenvalue weighted by Crippen LogP contribution is -2.10. The molecule has 0 bridgehead atoms. The summed E-state index contributed by atoms with van der Waals surface area (Å²) < 4.78 is 10.8. The molecule has 118 valence electrons. The van der Waals surface area contributed by atoms with Crippen LogP contribution in [-0.4, -0.2) is 30.9 Å². The highest BCUT2D eigenvalue weighted by molar-refractivity contribution is 7.98. The predicted octanol–water partition coefficient (Wildman–Crippen LogP) is 3.65. The molecule has 1 aliphatic heterocycles. The molecule has 0 radical (unpaired) electrons. The summed E-state index contributed by atoms with van der Waals surface area (Å²) in [6.45, 7) is 0.283. The number of aromatic nitrogens is 2. The van der Waals surface area contributed by atoms with E-state index in [1.807, 2.05) is 12.1 Å². The van der Waals surface area contributed by atoms with Gasteiger partial charge in [-0.25, -0.2) is 4.98 Å². The zero-order chi connectivity index (χ0) is 15.8. The van der Waals surface area contributed by atoms with Gasteiger partial charge < -0.3 is 19.4 Å². The monoisotopic (exact) mass is 327 g/mol. The van der Waals surface area contributed by atoms with Crippen molar-refractivity contribution in [2.24, 2.45) is 0 Å². The van der Waals surface area contributed by atoms with Crippen LogP contribution in [0.1, 0.15) is 5.56 Å². The van der Waals surface area contributed by atoms with Crippen molar-refractivity contribution in [2.75, 3.05) is 25.8 Å². The van der Waals surface area contributed by atoms with Crippen molar-refractivity contribution >= 4 is 28.5 Å². The van der Waals surface area contributed by atoms with Crippen LogP contribution >= 0.6 is 11.8 Å². The second kappa shape index (κ2) is 5.70. The Kier molecular flexibility index (Phi) is 3.53. The van der Waals surface area contributed by atoms with Crippen LogP contribution < -0.4 is 14.4 Å².